The normalized spacial score (nSPS) is 28.7. The summed E-state index contributed by atoms with van der Waals surface area (Å²) in [6, 6.07) is 0. The van der Waals surface area contributed by atoms with Crippen molar-refractivity contribution >= 4 is 47.8 Å². The Morgan fingerprint density at radius 3 is 0.718 bits per heavy atom. The molecule has 26 heteroatoms. The van der Waals surface area contributed by atoms with Crippen LogP contribution in [0.25, 0.3) is 0 Å². The molecule has 630 valence electrons. The molecule has 8 aliphatic rings. The average Bonchev–Trinajstić information content (AvgIpc) is 0.789. The summed E-state index contributed by atoms with van der Waals surface area (Å²) in [5.41, 5.74) is -7.96. The molecule has 8 rings (SSSR count). The van der Waals surface area contributed by atoms with Crippen molar-refractivity contribution in [3.8, 4) is 0 Å². The van der Waals surface area contributed by atoms with Crippen molar-refractivity contribution in [1.29, 1.82) is 0 Å². The molecule has 6 N–H and O–H groups in total. The first kappa shape index (κ1) is 90.9. The molecule has 0 saturated carbocycles. The first-order valence-corrected chi connectivity index (χ1v) is 40.6. The SMILES string of the molecule is CC1(C)CC(OC(=O)CC(C(=O)OC2CC(C)(C)NC(C)(C)C2)C(CC(=O)OCC(C)(C)C2OCC3(CO2)COC(C(C)(C)COC(=O)CC(C(=O)OC2CC(C)(C)NC(C)(C)C2)C(C(=O)OC2CC(C)(C)NC(C)(C)C2)C(=O)OC2CC(C)(C)NC(C)(C)C2)OC3)C(=O)OC2CC(C)(C)NC(C)(C)C2)CC(C)(C)N1. The zero-order valence-electron chi connectivity index (χ0n) is 72.4. The first-order chi connectivity index (χ1) is 49.8. The van der Waals surface area contributed by atoms with E-state index in [1.54, 1.807) is 13.8 Å². The van der Waals surface area contributed by atoms with Gasteiger partial charge in [-0.15, -0.1) is 0 Å². The van der Waals surface area contributed by atoms with E-state index in [1.165, 1.54) is 0 Å². The average molecular weight is 1560 g/mol. The molecule has 1 spiro atoms. The molecule has 0 amide bonds. The van der Waals surface area contributed by atoms with Gasteiger partial charge in [0.2, 0.25) is 0 Å². The van der Waals surface area contributed by atoms with Crippen LogP contribution in [0.4, 0.5) is 0 Å². The van der Waals surface area contributed by atoms with Crippen LogP contribution in [0.3, 0.4) is 0 Å². The lowest BCUT2D eigenvalue weighted by Gasteiger charge is -2.48. The van der Waals surface area contributed by atoms with Gasteiger partial charge in [-0.2, -0.15) is 0 Å². The number of ether oxygens (including phenoxy) is 12. The van der Waals surface area contributed by atoms with Crippen LogP contribution in [0.2, 0.25) is 0 Å². The van der Waals surface area contributed by atoms with Gasteiger partial charge in [-0.1, -0.05) is 27.7 Å². The maximum absolute atomic E-state index is 15.1. The maximum Gasteiger partial charge on any atom is 0.321 e. The highest BCUT2D eigenvalue weighted by Gasteiger charge is 2.55. The minimum Gasteiger partial charge on any atom is -0.465 e. The number of hydrogen-bond donors (Lipinski definition) is 6. The number of hydrogen-bond acceptors (Lipinski definition) is 26. The second-order valence-electron chi connectivity index (χ2n) is 43.8. The minimum absolute atomic E-state index is 0.111. The zero-order chi connectivity index (χ0) is 82.6. The van der Waals surface area contributed by atoms with Crippen molar-refractivity contribution in [2.75, 3.05) is 39.6 Å². The van der Waals surface area contributed by atoms with E-state index >= 15 is 24.0 Å². The summed E-state index contributed by atoms with van der Waals surface area (Å²) in [4.78, 5) is 119. The molecule has 0 aromatic heterocycles. The fourth-order valence-electron chi connectivity index (χ4n) is 20.5. The van der Waals surface area contributed by atoms with Gasteiger partial charge in [-0.05, 0) is 166 Å². The van der Waals surface area contributed by atoms with Crippen LogP contribution in [0, 0.1) is 39.9 Å². The smallest absolute Gasteiger partial charge is 0.321 e. The number of rotatable bonds is 25. The fraction of sp³-hybridized carbons (Fsp3) is 0.905. The van der Waals surface area contributed by atoms with Gasteiger partial charge in [-0.3, -0.25) is 38.4 Å². The number of esters is 8. The van der Waals surface area contributed by atoms with Crippen LogP contribution >= 0.6 is 0 Å². The summed E-state index contributed by atoms with van der Waals surface area (Å²) < 4.78 is 75.8. The zero-order valence-corrected chi connectivity index (χ0v) is 72.4. The first-order valence-electron chi connectivity index (χ1n) is 40.6. The largest absolute Gasteiger partial charge is 0.465 e. The summed E-state index contributed by atoms with van der Waals surface area (Å²) in [5.74, 6) is -13.5. The van der Waals surface area contributed by atoms with E-state index in [2.05, 4.69) is 31.9 Å². The van der Waals surface area contributed by atoms with Gasteiger partial charge in [0.1, 0.15) is 49.8 Å². The van der Waals surface area contributed by atoms with Gasteiger partial charge in [0.15, 0.2) is 18.5 Å². The second-order valence-corrected chi connectivity index (χ2v) is 43.8. The van der Waals surface area contributed by atoms with Crippen molar-refractivity contribution in [3.05, 3.63) is 0 Å². The van der Waals surface area contributed by atoms with Crippen molar-refractivity contribution in [2.45, 2.75) is 406 Å². The third-order valence-corrected chi connectivity index (χ3v) is 22.7. The Kier molecular flexibility index (Phi) is 27.1. The molecule has 8 aliphatic heterocycles. The molecule has 8 heterocycles. The Hall–Kier alpha value is -4.64. The molecular weight excluding hydrogens is 1410 g/mol. The van der Waals surface area contributed by atoms with Crippen LogP contribution in [0.1, 0.15) is 290 Å². The maximum atomic E-state index is 15.1. The third kappa shape index (κ3) is 26.2. The summed E-state index contributed by atoms with van der Waals surface area (Å²) in [6.45, 7) is 55.7. The van der Waals surface area contributed by atoms with Crippen LogP contribution in [-0.2, 0) is 95.2 Å². The monoisotopic (exact) mass is 1560 g/mol. The Morgan fingerprint density at radius 2 is 0.482 bits per heavy atom. The predicted molar refractivity (Wildman–Crippen MR) is 414 cm³/mol. The summed E-state index contributed by atoms with van der Waals surface area (Å²) in [5, 5.41) is 21.7. The molecule has 8 saturated heterocycles. The lowest BCUT2D eigenvalue weighted by Crippen LogP contribution is -2.61. The van der Waals surface area contributed by atoms with Gasteiger partial charge in [0.05, 0.1) is 68.9 Å². The molecule has 0 aromatic rings. The molecular formula is C84H144N6O20. The van der Waals surface area contributed by atoms with Gasteiger partial charge in [0, 0.05) is 154 Å². The second kappa shape index (κ2) is 32.8. The minimum atomic E-state index is -1.89. The van der Waals surface area contributed by atoms with E-state index in [0.717, 1.165) is 0 Å². The van der Waals surface area contributed by atoms with E-state index in [1.807, 2.05) is 180 Å². The van der Waals surface area contributed by atoms with Gasteiger partial charge < -0.3 is 88.7 Å². The molecule has 26 nitrogen and oxygen atoms in total. The molecule has 0 radical (unpaired) electrons. The third-order valence-electron chi connectivity index (χ3n) is 22.7. The predicted octanol–water partition coefficient (Wildman–Crippen LogP) is 10.6. The molecule has 8 fully saturated rings. The Morgan fingerprint density at radius 1 is 0.291 bits per heavy atom. The van der Waals surface area contributed by atoms with Crippen LogP contribution in [-0.4, -0.2) is 203 Å². The molecule has 3 unspecified atom stereocenters. The Bertz CT molecular complexity index is 3150. The molecule has 3 atom stereocenters. The molecule has 110 heavy (non-hydrogen) atoms. The van der Waals surface area contributed by atoms with Crippen molar-refractivity contribution < 1.29 is 95.2 Å². The molecule has 0 bridgehead atoms. The summed E-state index contributed by atoms with van der Waals surface area (Å²) in [6.07, 6.45) is -2.02. The lowest BCUT2D eigenvalue weighted by atomic mass is 9.80. The highest BCUT2D eigenvalue weighted by atomic mass is 16.7. The molecule has 0 aliphatic carbocycles. The van der Waals surface area contributed by atoms with Crippen molar-refractivity contribution in [2.24, 2.45) is 39.9 Å². The van der Waals surface area contributed by atoms with Crippen molar-refractivity contribution in [3.63, 3.8) is 0 Å². The van der Waals surface area contributed by atoms with Crippen LogP contribution in [0.15, 0.2) is 0 Å². The van der Waals surface area contributed by atoms with E-state index in [4.69, 9.17) is 56.8 Å². The lowest BCUT2D eigenvalue weighted by molar-refractivity contribution is -0.337. The highest BCUT2D eigenvalue weighted by molar-refractivity contribution is 6.00. The number of carbonyl (C=O) groups excluding carboxylic acids is 8. The van der Waals surface area contributed by atoms with E-state index in [-0.39, 0.29) is 50.7 Å². The van der Waals surface area contributed by atoms with Gasteiger partial charge >= 0.3 is 47.8 Å². The van der Waals surface area contributed by atoms with Crippen LogP contribution < -0.4 is 31.9 Å². The van der Waals surface area contributed by atoms with Gasteiger partial charge in [-0.25, -0.2) is 0 Å². The fourth-order valence-corrected chi connectivity index (χ4v) is 20.5. The number of carbonyl (C=O) groups is 8. The summed E-state index contributed by atoms with van der Waals surface area (Å²) in [7, 11) is 0. The summed E-state index contributed by atoms with van der Waals surface area (Å²) >= 11 is 0. The van der Waals surface area contributed by atoms with E-state index < -0.39 is 212 Å². The number of nitrogens with one attached hydrogen (secondary N) is 6. The Balaban J connectivity index is 0.936. The van der Waals surface area contributed by atoms with E-state index in [0.29, 0.717) is 77.0 Å². The van der Waals surface area contributed by atoms with E-state index in [9.17, 15) is 14.4 Å². The highest BCUT2D eigenvalue weighted by Crippen LogP contribution is 2.43. The topological polar surface area (TPSA) is 319 Å². The van der Waals surface area contributed by atoms with Crippen molar-refractivity contribution in [1.82, 2.24) is 31.9 Å². The quantitative estimate of drug-likeness (QED) is 0.0281. The number of piperidine rings is 6. The van der Waals surface area contributed by atoms with Crippen LogP contribution in [0.5, 0.6) is 0 Å². The van der Waals surface area contributed by atoms with Gasteiger partial charge in [0.25, 0.3) is 0 Å². The Labute approximate surface area is 657 Å². The standard InChI is InChI=1S/C84H144N6O20/c1-70(2,44-99-59(91)29-56(63(94)106-51-34-74(9,10)86-75(11,12)35-51)57(64(95)107-52-36-76(13,14)87-77(15,16)37-52)30-61(93)105-50-32-72(5,6)85-73(7,8)33-50)68-101-46-84(47-102-68)48-103-69(104-49-84)71(3,4)45-100-60(92)31-58(65(96)108-53-38-78(17,18)88-79(19,20)39-53)62(66(97)109-54-40-80(21,22)89-81(23,24)41-54)67(98)110-55-42-82(25,26)90-83(27,28)43-55/h50-58,62,68-69,85-90H,29-49H2,1-28H3. The molecule has 0 aromatic carbocycles.